The quantitative estimate of drug-likeness (QED) is 0.760. The van der Waals surface area contributed by atoms with Gasteiger partial charge in [0.2, 0.25) is 5.91 Å². The van der Waals surface area contributed by atoms with E-state index in [1.165, 1.54) is 11.1 Å². The van der Waals surface area contributed by atoms with Crippen molar-refractivity contribution in [3.63, 3.8) is 0 Å². The Bertz CT molecular complexity index is 837. The van der Waals surface area contributed by atoms with E-state index < -0.39 is 0 Å². The fourth-order valence-corrected chi connectivity index (χ4v) is 4.77. The van der Waals surface area contributed by atoms with E-state index in [9.17, 15) is 4.79 Å². The number of methoxy groups -OCH3 is 1. The van der Waals surface area contributed by atoms with Crippen LogP contribution in [0.3, 0.4) is 0 Å². The predicted molar refractivity (Wildman–Crippen MR) is 108 cm³/mol. The molecule has 0 bridgehead atoms. The number of piperidine rings is 1. The number of benzene rings is 1. The highest BCUT2D eigenvalue weighted by atomic mass is 16.5. The molecule has 0 saturated carbocycles. The van der Waals surface area contributed by atoms with E-state index in [1.54, 1.807) is 7.11 Å². The number of para-hydroxylation sites is 1. The third-order valence-corrected chi connectivity index (χ3v) is 6.12. The number of rotatable bonds is 5. The Labute approximate surface area is 161 Å². The molecule has 144 valence electrons. The first kappa shape index (κ1) is 18.2. The number of hydrogen-bond donors (Lipinski definition) is 0. The molecule has 1 amide bonds. The summed E-state index contributed by atoms with van der Waals surface area (Å²) in [5.74, 6) is 0.349. The molecule has 1 aromatic heterocycles. The molecule has 2 aliphatic heterocycles. The van der Waals surface area contributed by atoms with Gasteiger partial charge in [-0.2, -0.15) is 0 Å². The van der Waals surface area contributed by atoms with Gasteiger partial charge in [-0.05, 0) is 44.7 Å². The van der Waals surface area contributed by atoms with Gasteiger partial charge in [-0.25, -0.2) is 0 Å². The van der Waals surface area contributed by atoms with Gasteiger partial charge in [0.25, 0.3) is 0 Å². The molecular weight excluding hydrogens is 338 g/mol. The van der Waals surface area contributed by atoms with E-state index in [2.05, 4.69) is 39.0 Å². The van der Waals surface area contributed by atoms with Crippen molar-refractivity contribution in [2.75, 3.05) is 44.8 Å². The fourth-order valence-electron chi connectivity index (χ4n) is 4.77. The Balaban J connectivity index is 1.57. The van der Waals surface area contributed by atoms with Crippen molar-refractivity contribution >= 4 is 22.5 Å². The summed E-state index contributed by atoms with van der Waals surface area (Å²) < 4.78 is 5.16. The van der Waals surface area contributed by atoms with Crippen LogP contribution in [0.15, 0.2) is 30.3 Å². The zero-order valence-electron chi connectivity index (χ0n) is 16.4. The molecule has 27 heavy (non-hydrogen) atoms. The zero-order chi connectivity index (χ0) is 18.9. The Hall–Kier alpha value is -2.14. The van der Waals surface area contributed by atoms with E-state index in [0.717, 1.165) is 63.1 Å². The lowest BCUT2D eigenvalue weighted by atomic mass is 9.78. The van der Waals surface area contributed by atoms with Crippen molar-refractivity contribution in [2.24, 2.45) is 5.41 Å². The third-order valence-electron chi connectivity index (χ3n) is 6.12. The standard InChI is InChI=1S/C22H29N3O2/c1-17-15-20(18-7-3-4-8-19(18)23-17)25-13-10-22(16-25)9-5-11-24(21(22)26)12-6-14-27-2/h3-4,7-8,15H,5-6,9-14,16H2,1-2H3/t22-/m0/s1. The van der Waals surface area contributed by atoms with Crippen LogP contribution < -0.4 is 4.90 Å². The van der Waals surface area contributed by atoms with E-state index in [-0.39, 0.29) is 5.41 Å². The summed E-state index contributed by atoms with van der Waals surface area (Å²) in [6.45, 7) is 6.22. The Morgan fingerprint density at radius 3 is 2.93 bits per heavy atom. The third kappa shape index (κ3) is 3.41. The van der Waals surface area contributed by atoms with Crippen molar-refractivity contribution in [2.45, 2.75) is 32.6 Å². The molecule has 2 aliphatic rings. The molecule has 2 fully saturated rings. The van der Waals surface area contributed by atoms with E-state index in [1.807, 2.05) is 13.0 Å². The molecule has 1 atom stereocenters. The molecule has 2 aromatic rings. The van der Waals surface area contributed by atoms with Crippen LogP contribution >= 0.6 is 0 Å². The van der Waals surface area contributed by atoms with Crippen LogP contribution in [0.1, 0.15) is 31.4 Å². The maximum Gasteiger partial charge on any atom is 0.230 e. The number of carbonyl (C=O) groups is 1. The topological polar surface area (TPSA) is 45.7 Å². The lowest BCUT2D eigenvalue weighted by molar-refractivity contribution is -0.145. The number of ether oxygens (including phenoxy) is 1. The lowest BCUT2D eigenvalue weighted by Crippen LogP contribution is -2.50. The average Bonchev–Trinajstić information content (AvgIpc) is 3.09. The molecule has 5 nitrogen and oxygen atoms in total. The normalized spacial score (nSPS) is 23.0. The van der Waals surface area contributed by atoms with Crippen LogP contribution in [0.2, 0.25) is 0 Å². The molecule has 3 heterocycles. The fraction of sp³-hybridized carbons (Fsp3) is 0.545. The van der Waals surface area contributed by atoms with Gasteiger partial charge in [0, 0.05) is 56.7 Å². The first-order valence-corrected chi connectivity index (χ1v) is 10.0. The molecule has 5 heteroatoms. The predicted octanol–water partition coefficient (Wildman–Crippen LogP) is 3.40. The van der Waals surface area contributed by atoms with Gasteiger partial charge in [0.15, 0.2) is 0 Å². The molecule has 1 spiro atoms. The number of pyridine rings is 1. The summed E-state index contributed by atoms with van der Waals surface area (Å²) in [5, 5.41) is 1.18. The number of carbonyl (C=O) groups excluding carboxylic acids is 1. The average molecular weight is 367 g/mol. The number of aryl methyl sites for hydroxylation is 1. The molecule has 0 N–H and O–H groups in total. The van der Waals surface area contributed by atoms with Gasteiger partial charge in [-0.1, -0.05) is 18.2 Å². The molecule has 0 aliphatic carbocycles. The minimum atomic E-state index is -0.219. The van der Waals surface area contributed by atoms with Crippen LogP contribution in [-0.4, -0.2) is 55.7 Å². The van der Waals surface area contributed by atoms with Gasteiger partial charge in [-0.3, -0.25) is 9.78 Å². The number of nitrogens with zero attached hydrogens (tertiary/aromatic N) is 3. The first-order valence-electron chi connectivity index (χ1n) is 10.0. The number of hydrogen-bond acceptors (Lipinski definition) is 4. The highest BCUT2D eigenvalue weighted by Gasteiger charge is 2.48. The van der Waals surface area contributed by atoms with Crippen molar-refractivity contribution in [3.05, 3.63) is 36.0 Å². The number of anilines is 1. The Morgan fingerprint density at radius 1 is 1.22 bits per heavy atom. The van der Waals surface area contributed by atoms with Crippen LogP contribution in [0.5, 0.6) is 0 Å². The van der Waals surface area contributed by atoms with E-state index in [0.29, 0.717) is 12.5 Å². The van der Waals surface area contributed by atoms with Crippen molar-refractivity contribution in [3.8, 4) is 0 Å². The highest BCUT2D eigenvalue weighted by Crippen LogP contribution is 2.43. The van der Waals surface area contributed by atoms with Gasteiger partial charge in [0.05, 0.1) is 10.9 Å². The SMILES string of the molecule is COCCCN1CCC[C@@]2(CCN(c3cc(C)nc4ccccc34)C2)C1=O. The monoisotopic (exact) mass is 367 g/mol. The van der Waals surface area contributed by atoms with Crippen molar-refractivity contribution < 1.29 is 9.53 Å². The van der Waals surface area contributed by atoms with Crippen molar-refractivity contribution in [1.29, 1.82) is 0 Å². The van der Waals surface area contributed by atoms with Crippen LogP contribution in [-0.2, 0) is 9.53 Å². The largest absolute Gasteiger partial charge is 0.385 e. The number of aromatic nitrogens is 1. The Morgan fingerprint density at radius 2 is 2.07 bits per heavy atom. The second-order valence-corrected chi connectivity index (χ2v) is 7.99. The van der Waals surface area contributed by atoms with Gasteiger partial charge < -0.3 is 14.5 Å². The van der Waals surface area contributed by atoms with Crippen molar-refractivity contribution in [1.82, 2.24) is 9.88 Å². The number of fused-ring (bicyclic) bond motifs is 1. The summed E-state index contributed by atoms with van der Waals surface area (Å²) in [5.41, 5.74) is 3.06. The minimum absolute atomic E-state index is 0.219. The molecular formula is C22H29N3O2. The van der Waals surface area contributed by atoms with E-state index >= 15 is 0 Å². The molecule has 1 aromatic carbocycles. The summed E-state index contributed by atoms with van der Waals surface area (Å²) in [6, 6.07) is 10.5. The van der Waals surface area contributed by atoms with Gasteiger partial charge in [0.1, 0.15) is 0 Å². The summed E-state index contributed by atoms with van der Waals surface area (Å²) in [4.78, 5) is 22.4. The summed E-state index contributed by atoms with van der Waals surface area (Å²) in [6.07, 6.45) is 3.96. The smallest absolute Gasteiger partial charge is 0.230 e. The van der Waals surface area contributed by atoms with Crippen LogP contribution in [0.4, 0.5) is 5.69 Å². The highest BCUT2D eigenvalue weighted by molar-refractivity contribution is 5.93. The maximum absolute atomic E-state index is 13.3. The molecule has 4 rings (SSSR count). The minimum Gasteiger partial charge on any atom is -0.385 e. The first-order chi connectivity index (χ1) is 13.1. The second-order valence-electron chi connectivity index (χ2n) is 7.99. The number of amides is 1. The molecule has 2 saturated heterocycles. The Kier molecular flexibility index (Phi) is 5.04. The molecule has 0 unspecified atom stereocenters. The molecule has 0 radical (unpaired) electrons. The van der Waals surface area contributed by atoms with E-state index in [4.69, 9.17) is 4.74 Å². The van der Waals surface area contributed by atoms with Gasteiger partial charge in [-0.15, -0.1) is 0 Å². The van der Waals surface area contributed by atoms with Crippen LogP contribution in [0, 0.1) is 12.3 Å². The summed E-state index contributed by atoms with van der Waals surface area (Å²) >= 11 is 0. The van der Waals surface area contributed by atoms with Gasteiger partial charge >= 0.3 is 0 Å². The summed E-state index contributed by atoms with van der Waals surface area (Å²) in [7, 11) is 1.72. The maximum atomic E-state index is 13.3. The number of likely N-dealkylation sites (tertiary alicyclic amines) is 1. The van der Waals surface area contributed by atoms with Crippen LogP contribution in [0.25, 0.3) is 10.9 Å². The lowest BCUT2D eigenvalue weighted by Gasteiger charge is -2.39. The zero-order valence-corrected chi connectivity index (χ0v) is 16.4. The second kappa shape index (κ2) is 7.47.